The third-order valence-corrected chi connectivity index (χ3v) is 3.77. The number of hydrogen-bond acceptors (Lipinski definition) is 2. The van der Waals surface area contributed by atoms with Crippen LogP contribution in [0.25, 0.3) is 0 Å². The molecule has 1 aromatic carbocycles. The van der Waals surface area contributed by atoms with E-state index in [1.165, 1.54) is 30.4 Å². The van der Waals surface area contributed by atoms with Crippen LogP contribution in [0.5, 0.6) is 0 Å². The Balaban J connectivity index is 1.92. The van der Waals surface area contributed by atoms with Gasteiger partial charge in [-0.25, -0.2) is 0 Å². The van der Waals surface area contributed by atoms with Crippen LogP contribution in [0, 0.1) is 0 Å². The largest absolute Gasteiger partial charge is 0.319 e. The molecule has 1 heterocycles. The molecule has 0 fully saturated rings. The predicted molar refractivity (Wildman–Crippen MR) is 73.7 cm³/mol. The van der Waals surface area contributed by atoms with E-state index in [2.05, 4.69) is 23.2 Å². The van der Waals surface area contributed by atoms with Crippen LogP contribution in [0.2, 0.25) is 5.02 Å². The molecule has 18 heavy (non-hydrogen) atoms. The van der Waals surface area contributed by atoms with Crippen LogP contribution in [-0.2, 0) is 12.8 Å². The van der Waals surface area contributed by atoms with Crippen molar-refractivity contribution >= 4 is 11.6 Å². The van der Waals surface area contributed by atoms with Gasteiger partial charge in [-0.1, -0.05) is 29.8 Å². The summed E-state index contributed by atoms with van der Waals surface area (Å²) in [6.45, 7) is 0. The second-order valence-corrected chi connectivity index (χ2v) is 5.20. The Kier molecular flexibility index (Phi) is 3.06. The molecule has 2 N–H and O–H groups in total. The van der Waals surface area contributed by atoms with Crippen LogP contribution in [0.4, 0.5) is 0 Å². The van der Waals surface area contributed by atoms with Gasteiger partial charge in [0.25, 0.3) is 0 Å². The smallest absolute Gasteiger partial charge is 0.0726 e. The van der Waals surface area contributed by atoms with Gasteiger partial charge in [-0.15, -0.1) is 0 Å². The predicted octanol–water partition coefficient (Wildman–Crippen LogP) is 3.27. The van der Waals surface area contributed by atoms with Crippen molar-refractivity contribution in [2.75, 3.05) is 0 Å². The van der Waals surface area contributed by atoms with Crippen LogP contribution in [-0.4, -0.2) is 4.98 Å². The standard InChI is InChI=1S/C15H15ClN2/c16-13-6-7-14(18-9-13)15(17)12-5-4-10-2-1-3-11(10)8-12/h4-9,15H,1-3,17H2. The summed E-state index contributed by atoms with van der Waals surface area (Å²) in [4.78, 5) is 4.29. The summed E-state index contributed by atoms with van der Waals surface area (Å²) >= 11 is 5.84. The number of pyridine rings is 1. The van der Waals surface area contributed by atoms with E-state index in [-0.39, 0.29) is 6.04 Å². The fraction of sp³-hybridized carbons (Fsp3) is 0.267. The normalized spacial score (nSPS) is 15.4. The molecule has 2 nitrogen and oxygen atoms in total. The Bertz CT molecular complexity index is 563. The highest BCUT2D eigenvalue weighted by atomic mass is 35.5. The Morgan fingerprint density at radius 3 is 2.72 bits per heavy atom. The quantitative estimate of drug-likeness (QED) is 0.898. The van der Waals surface area contributed by atoms with Crippen molar-refractivity contribution < 1.29 is 0 Å². The highest BCUT2D eigenvalue weighted by Gasteiger charge is 2.15. The average molecular weight is 259 g/mol. The number of rotatable bonds is 2. The average Bonchev–Trinajstić information content (AvgIpc) is 2.86. The summed E-state index contributed by atoms with van der Waals surface area (Å²) in [6.07, 6.45) is 5.27. The zero-order chi connectivity index (χ0) is 12.5. The zero-order valence-electron chi connectivity index (χ0n) is 10.1. The van der Waals surface area contributed by atoms with Gasteiger partial charge in [0.15, 0.2) is 0 Å². The van der Waals surface area contributed by atoms with Gasteiger partial charge in [0.2, 0.25) is 0 Å². The third-order valence-electron chi connectivity index (χ3n) is 3.55. The zero-order valence-corrected chi connectivity index (χ0v) is 10.8. The van der Waals surface area contributed by atoms with E-state index in [0.717, 1.165) is 11.3 Å². The van der Waals surface area contributed by atoms with Crippen LogP contribution in [0.1, 0.15) is 34.8 Å². The molecule has 1 aliphatic carbocycles. The van der Waals surface area contributed by atoms with Gasteiger partial charge in [0.05, 0.1) is 16.8 Å². The molecule has 0 saturated heterocycles. The van der Waals surface area contributed by atoms with Gasteiger partial charge >= 0.3 is 0 Å². The number of nitrogens with zero attached hydrogens (tertiary/aromatic N) is 1. The van der Waals surface area contributed by atoms with Crippen molar-refractivity contribution in [3.8, 4) is 0 Å². The van der Waals surface area contributed by atoms with Gasteiger partial charge < -0.3 is 5.73 Å². The van der Waals surface area contributed by atoms with Gasteiger partial charge in [-0.3, -0.25) is 4.98 Å². The molecule has 2 aromatic rings. The molecule has 0 spiro atoms. The summed E-state index contributed by atoms with van der Waals surface area (Å²) in [5.41, 5.74) is 11.2. The van der Waals surface area contributed by atoms with E-state index in [4.69, 9.17) is 17.3 Å². The Morgan fingerprint density at radius 2 is 1.94 bits per heavy atom. The first-order chi connectivity index (χ1) is 8.74. The highest BCUT2D eigenvalue weighted by Crippen LogP contribution is 2.26. The monoisotopic (exact) mass is 258 g/mol. The summed E-state index contributed by atoms with van der Waals surface area (Å²) in [6, 6.07) is 10.1. The lowest BCUT2D eigenvalue weighted by molar-refractivity contribution is 0.826. The lowest BCUT2D eigenvalue weighted by atomic mass is 9.99. The maximum Gasteiger partial charge on any atom is 0.0726 e. The minimum atomic E-state index is -0.173. The molecular formula is C15H15ClN2. The molecule has 92 valence electrons. The highest BCUT2D eigenvalue weighted by molar-refractivity contribution is 6.30. The van der Waals surface area contributed by atoms with E-state index in [1.54, 1.807) is 6.20 Å². The molecular weight excluding hydrogens is 244 g/mol. The van der Waals surface area contributed by atoms with Crippen molar-refractivity contribution in [1.82, 2.24) is 4.98 Å². The SMILES string of the molecule is NC(c1ccc2c(c1)CCC2)c1ccc(Cl)cn1. The van der Waals surface area contributed by atoms with E-state index in [0.29, 0.717) is 5.02 Å². The first-order valence-electron chi connectivity index (χ1n) is 6.23. The second-order valence-electron chi connectivity index (χ2n) is 4.76. The number of nitrogens with two attached hydrogens (primary N) is 1. The molecule has 0 radical (unpaired) electrons. The first-order valence-corrected chi connectivity index (χ1v) is 6.60. The fourth-order valence-corrected chi connectivity index (χ4v) is 2.64. The third kappa shape index (κ3) is 2.14. The number of halogens is 1. The number of hydrogen-bond donors (Lipinski definition) is 1. The molecule has 0 amide bonds. The number of fused-ring (bicyclic) bond motifs is 1. The van der Waals surface area contributed by atoms with Gasteiger partial charge in [-0.2, -0.15) is 0 Å². The number of aromatic nitrogens is 1. The first kappa shape index (κ1) is 11.7. The lowest BCUT2D eigenvalue weighted by Gasteiger charge is -2.13. The number of benzene rings is 1. The van der Waals surface area contributed by atoms with E-state index < -0.39 is 0 Å². The van der Waals surface area contributed by atoms with E-state index in [1.807, 2.05) is 12.1 Å². The second kappa shape index (κ2) is 4.71. The van der Waals surface area contributed by atoms with Crippen LogP contribution < -0.4 is 5.73 Å². The molecule has 0 aliphatic heterocycles. The van der Waals surface area contributed by atoms with E-state index >= 15 is 0 Å². The summed E-state index contributed by atoms with van der Waals surface area (Å²) in [5, 5.41) is 0.639. The number of aryl methyl sites for hydroxylation is 2. The maximum atomic E-state index is 6.25. The summed E-state index contributed by atoms with van der Waals surface area (Å²) in [7, 11) is 0. The van der Waals surface area contributed by atoms with Crippen molar-refractivity contribution in [1.29, 1.82) is 0 Å². The molecule has 1 aliphatic rings. The van der Waals surface area contributed by atoms with Crippen molar-refractivity contribution in [2.45, 2.75) is 25.3 Å². The molecule has 1 aromatic heterocycles. The molecule has 3 heteroatoms. The minimum Gasteiger partial charge on any atom is -0.319 e. The van der Waals surface area contributed by atoms with Crippen LogP contribution in [0.15, 0.2) is 36.5 Å². The van der Waals surface area contributed by atoms with Gasteiger partial charge in [0, 0.05) is 6.20 Å². The molecule has 0 saturated carbocycles. The maximum absolute atomic E-state index is 6.25. The summed E-state index contributed by atoms with van der Waals surface area (Å²) < 4.78 is 0. The fourth-order valence-electron chi connectivity index (χ4n) is 2.53. The minimum absolute atomic E-state index is 0.173. The molecule has 1 unspecified atom stereocenters. The van der Waals surface area contributed by atoms with Crippen LogP contribution >= 0.6 is 11.6 Å². The molecule has 1 atom stereocenters. The van der Waals surface area contributed by atoms with Crippen LogP contribution in [0.3, 0.4) is 0 Å². The van der Waals surface area contributed by atoms with E-state index in [9.17, 15) is 0 Å². The molecule has 0 bridgehead atoms. The van der Waals surface area contributed by atoms with Crippen molar-refractivity contribution in [2.24, 2.45) is 5.73 Å². The Morgan fingerprint density at radius 1 is 1.11 bits per heavy atom. The summed E-state index contributed by atoms with van der Waals surface area (Å²) in [5.74, 6) is 0. The van der Waals surface area contributed by atoms with Crippen molar-refractivity contribution in [3.05, 3.63) is 63.9 Å². The Hall–Kier alpha value is -1.38. The van der Waals surface area contributed by atoms with Gasteiger partial charge in [0.1, 0.15) is 0 Å². The van der Waals surface area contributed by atoms with Gasteiger partial charge in [-0.05, 0) is 48.1 Å². The lowest BCUT2D eigenvalue weighted by Crippen LogP contribution is -2.13. The Labute approximate surface area is 112 Å². The topological polar surface area (TPSA) is 38.9 Å². The van der Waals surface area contributed by atoms with Crippen molar-refractivity contribution in [3.63, 3.8) is 0 Å². The molecule has 3 rings (SSSR count).